The van der Waals surface area contributed by atoms with Crippen LogP contribution in [0.25, 0.3) is 0 Å². The van der Waals surface area contributed by atoms with Crippen LogP contribution >= 0.6 is 0 Å². The zero-order valence-electron chi connectivity index (χ0n) is 13.3. The van der Waals surface area contributed by atoms with Crippen LogP contribution in [0.1, 0.15) is 18.1 Å². The number of nitrogens with zero attached hydrogens (tertiary/aromatic N) is 1. The van der Waals surface area contributed by atoms with Gasteiger partial charge in [0.05, 0.1) is 4.90 Å². The summed E-state index contributed by atoms with van der Waals surface area (Å²) in [5, 5.41) is 2.76. The van der Waals surface area contributed by atoms with E-state index < -0.39 is 16.1 Å². The maximum absolute atomic E-state index is 12.3. The van der Waals surface area contributed by atoms with Crippen LogP contribution in [0.5, 0.6) is 0 Å². The molecule has 2 aromatic rings. The molecule has 124 valence electrons. The number of aryl methyl sites for hydroxylation is 1. The molecular formula is C17H17N3O3S. The van der Waals surface area contributed by atoms with E-state index in [1.165, 1.54) is 6.07 Å². The molecule has 0 aromatic heterocycles. The number of fused-ring (bicyclic) bond motifs is 1. The van der Waals surface area contributed by atoms with Gasteiger partial charge >= 0.3 is 0 Å². The number of hydrogen-bond donors (Lipinski definition) is 2. The third-order valence-corrected chi connectivity index (χ3v) is 5.08. The van der Waals surface area contributed by atoms with Crippen molar-refractivity contribution < 1.29 is 13.2 Å². The van der Waals surface area contributed by atoms with Crippen LogP contribution in [-0.2, 0) is 14.8 Å². The number of amides is 1. The SMILES string of the molecule is Cc1ccc(NC(=O)[C@@H](C)N=C2NS(=O)(=O)c3ccccc32)cc1. The Labute approximate surface area is 140 Å². The topological polar surface area (TPSA) is 87.6 Å². The maximum atomic E-state index is 12.3. The first-order valence-corrected chi connectivity index (χ1v) is 8.93. The van der Waals surface area contributed by atoms with Crippen LogP contribution in [-0.4, -0.2) is 26.2 Å². The molecule has 2 N–H and O–H groups in total. The lowest BCUT2D eigenvalue weighted by Crippen LogP contribution is -2.28. The minimum absolute atomic E-state index is 0.176. The first kappa shape index (κ1) is 16.2. The molecule has 6 nitrogen and oxygen atoms in total. The highest BCUT2D eigenvalue weighted by atomic mass is 32.2. The summed E-state index contributed by atoms with van der Waals surface area (Å²) >= 11 is 0. The minimum Gasteiger partial charge on any atom is -0.324 e. The normalized spacial score (nSPS) is 17.8. The average Bonchev–Trinajstić information content (AvgIpc) is 2.81. The third kappa shape index (κ3) is 3.16. The van der Waals surface area contributed by atoms with Crippen molar-refractivity contribution in [3.05, 3.63) is 59.7 Å². The van der Waals surface area contributed by atoms with Gasteiger partial charge < -0.3 is 5.32 Å². The summed E-state index contributed by atoms with van der Waals surface area (Å²) in [4.78, 5) is 16.7. The van der Waals surface area contributed by atoms with E-state index in [2.05, 4.69) is 15.0 Å². The van der Waals surface area contributed by atoms with Gasteiger partial charge in [-0.15, -0.1) is 0 Å². The Kier molecular flexibility index (Phi) is 4.11. The molecule has 3 rings (SSSR count). The highest BCUT2D eigenvalue weighted by molar-refractivity contribution is 7.90. The molecule has 0 fully saturated rings. The van der Waals surface area contributed by atoms with E-state index >= 15 is 0 Å². The lowest BCUT2D eigenvalue weighted by atomic mass is 10.2. The average molecular weight is 343 g/mol. The zero-order valence-corrected chi connectivity index (χ0v) is 14.1. The van der Waals surface area contributed by atoms with Crippen molar-refractivity contribution in [1.82, 2.24) is 4.72 Å². The summed E-state index contributed by atoms with van der Waals surface area (Å²) in [7, 11) is -3.60. The molecule has 1 aliphatic heterocycles. The van der Waals surface area contributed by atoms with E-state index in [1.54, 1.807) is 37.3 Å². The van der Waals surface area contributed by atoms with E-state index in [0.29, 0.717) is 11.3 Å². The fourth-order valence-electron chi connectivity index (χ4n) is 2.37. The van der Waals surface area contributed by atoms with Crippen molar-refractivity contribution in [2.45, 2.75) is 24.8 Å². The van der Waals surface area contributed by atoms with Crippen LogP contribution in [0.4, 0.5) is 5.69 Å². The summed E-state index contributed by atoms with van der Waals surface area (Å²) in [5.74, 6) is -0.118. The molecule has 0 saturated carbocycles. The van der Waals surface area contributed by atoms with E-state index in [-0.39, 0.29) is 16.6 Å². The largest absolute Gasteiger partial charge is 0.324 e. The Morgan fingerprint density at radius 1 is 1.12 bits per heavy atom. The van der Waals surface area contributed by atoms with Crippen molar-refractivity contribution in [3.63, 3.8) is 0 Å². The van der Waals surface area contributed by atoms with Crippen molar-refractivity contribution >= 4 is 27.5 Å². The van der Waals surface area contributed by atoms with Gasteiger partial charge in [0.1, 0.15) is 11.9 Å². The first-order valence-electron chi connectivity index (χ1n) is 7.44. The quantitative estimate of drug-likeness (QED) is 0.894. The van der Waals surface area contributed by atoms with Gasteiger partial charge in [-0.25, -0.2) is 8.42 Å². The minimum atomic E-state index is -3.60. The van der Waals surface area contributed by atoms with Gasteiger partial charge in [-0.2, -0.15) is 0 Å². The van der Waals surface area contributed by atoms with Gasteiger partial charge in [0.2, 0.25) is 5.91 Å². The molecule has 24 heavy (non-hydrogen) atoms. The van der Waals surface area contributed by atoms with Gasteiger partial charge in [-0.1, -0.05) is 29.8 Å². The highest BCUT2D eigenvalue weighted by Gasteiger charge is 2.31. The molecule has 0 saturated heterocycles. The fraction of sp³-hybridized carbons (Fsp3) is 0.176. The Balaban J connectivity index is 1.81. The second kappa shape index (κ2) is 6.09. The molecule has 1 aliphatic rings. The van der Waals surface area contributed by atoms with Gasteiger partial charge in [0.15, 0.2) is 0 Å². The smallest absolute Gasteiger partial charge is 0.263 e. The molecule has 7 heteroatoms. The van der Waals surface area contributed by atoms with Crippen molar-refractivity contribution in [2.75, 3.05) is 5.32 Å². The van der Waals surface area contributed by atoms with E-state index in [4.69, 9.17) is 0 Å². The van der Waals surface area contributed by atoms with Crippen LogP contribution in [0.2, 0.25) is 0 Å². The summed E-state index contributed by atoms with van der Waals surface area (Å²) in [6.45, 7) is 3.58. The lowest BCUT2D eigenvalue weighted by Gasteiger charge is -2.10. The highest BCUT2D eigenvalue weighted by Crippen LogP contribution is 2.22. The summed E-state index contributed by atoms with van der Waals surface area (Å²) < 4.78 is 26.5. The van der Waals surface area contributed by atoms with Crippen LogP contribution in [0, 0.1) is 6.92 Å². The number of amidine groups is 1. The van der Waals surface area contributed by atoms with Crippen LogP contribution < -0.4 is 10.0 Å². The lowest BCUT2D eigenvalue weighted by molar-refractivity contribution is -0.117. The summed E-state index contributed by atoms with van der Waals surface area (Å²) in [5.41, 5.74) is 2.25. The van der Waals surface area contributed by atoms with Crippen LogP contribution in [0.3, 0.4) is 0 Å². The monoisotopic (exact) mass is 343 g/mol. The maximum Gasteiger partial charge on any atom is 0.263 e. The molecular weight excluding hydrogens is 326 g/mol. The van der Waals surface area contributed by atoms with Gasteiger partial charge in [0, 0.05) is 11.3 Å². The second-order valence-electron chi connectivity index (χ2n) is 5.61. The number of rotatable bonds is 3. The molecule has 1 amide bonds. The zero-order chi connectivity index (χ0) is 17.3. The van der Waals surface area contributed by atoms with Crippen molar-refractivity contribution in [1.29, 1.82) is 0 Å². The Hall–Kier alpha value is -2.67. The Morgan fingerprint density at radius 2 is 1.79 bits per heavy atom. The molecule has 0 bridgehead atoms. The molecule has 0 unspecified atom stereocenters. The van der Waals surface area contributed by atoms with E-state index in [1.807, 2.05) is 19.1 Å². The predicted molar refractivity (Wildman–Crippen MR) is 92.6 cm³/mol. The van der Waals surface area contributed by atoms with Gasteiger partial charge in [0.25, 0.3) is 10.0 Å². The first-order chi connectivity index (χ1) is 11.4. The number of carbonyl (C=O) groups is 1. The number of nitrogens with one attached hydrogen (secondary N) is 2. The Bertz CT molecular complexity index is 918. The molecule has 1 heterocycles. The molecule has 2 aromatic carbocycles. The van der Waals surface area contributed by atoms with E-state index in [9.17, 15) is 13.2 Å². The molecule has 0 spiro atoms. The third-order valence-electron chi connectivity index (χ3n) is 3.68. The van der Waals surface area contributed by atoms with Gasteiger partial charge in [-0.05, 0) is 38.1 Å². The van der Waals surface area contributed by atoms with E-state index in [0.717, 1.165) is 5.56 Å². The molecule has 0 radical (unpaired) electrons. The number of benzene rings is 2. The van der Waals surface area contributed by atoms with Gasteiger partial charge in [-0.3, -0.25) is 14.5 Å². The number of anilines is 1. The second-order valence-corrected chi connectivity index (χ2v) is 7.26. The van der Waals surface area contributed by atoms with Crippen molar-refractivity contribution in [2.24, 2.45) is 4.99 Å². The molecule has 1 atom stereocenters. The van der Waals surface area contributed by atoms with Crippen molar-refractivity contribution in [3.8, 4) is 0 Å². The standard InChI is InChI=1S/C17H17N3O3S/c1-11-7-9-13(10-8-11)19-17(21)12(2)18-16-14-5-3-4-6-15(14)24(22,23)20-16/h3-10,12H,1-2H3,(H,18,20)(H,19,21)/t12-/m1/s1. The Morgan fingerprint density at radius 3 is 2.50 bits per heavy atom. The van der Waals surface area contributed by atoms with Crippen LogP contribution in [0.15, 0.2) is 58.4 Å². The molecule has 0 aliphatic carbocycles. The predicted octanol–water partition coefficient (Wildman–Crippen LogP) is 2.06. The number of sulfonamides is 1. The fourth-order valence-corrected chi connectivity index (χ4v) is 3.60. The summed E-state index contributed by atoms with van der Waals surface area (Å²) in [6.07, 6.45) is 0. The summed E-state index contributed by atoms with van der Waals surface area (Å²) in [6, 6.07) is 13.2. The number of aliphatic imine (C=N–C) groups is 1. The number of carbonyl (C=O) groups excluding carboxylic acids is 1. The number of hydrogen-bond acceptors (Lipinski definition) is 4.